The number of benzene rings is 4. The van der Waals surface area contributed by atoms with Crippen molar-refractivity contribution in [2.45, 2.75) is 26.8 Å². The Kier molecular flexibility index (Phi) is 8.08. The Morgan fingerprint density at radius 2 is 1.73 bits per heavy atom. The Bertz CT molecular complexity index is 1430. The highest BCUT2D eigenvalue weighted by atomic mass is 16.5. The van der Waals surface area contributed by atoms with Gasteiger partial charge in [-0.1, -0.05) is 74.5 Å². The molecule has 0 aromatic heterocycles. The number of nitrogens with one attached hydrogen (secondary N) is 1. The summed E-state index contributed by atoms with van der Waals surface area (Å²) in [5.74, 6) is 1.85. The Morgan fingerprint density at radius 1 is 0.973 bits per heavy atom. The highest BCUT2D eigenvalue weighted by Gasteiger charge is 2.17. The number of aliphatic imine (C=N–C) groups is 1. The molecule has 190 valence electrons. The largest absolute Gasteiger partial charge is 0.493 e. The Hall–Kier alpha value is -4.32. The molecule has 0 fully saturated rings. The monoisotopic (exact) mass is 496 g/mol. The summed E-state index contributed by atoms with van der Waals surface area (Å²) in [5, 5.41) is 13.2. The number of hydrogen-bond donors (Lipinski definition) is 2. The maximum atomic E-state index is 10.8. The molecule has 1 amide bonds. The summed E-state index contributed by atoms with van der Waals surface area (Å²) in [6, 6.07) is 25.3. The number of nitrogens with zero attached hydrogens (tertiary/aromatic N) is 1. The standard InChI is InChI=1S/C31H32N2O4/c1-20(2)16-21-8-10-22(11-9-21)26-7-5-6-23-17-24(12-14-27(23)26)29-25(18-32-19-33-31(34)35)13-15-28(36-3)30(29)37-4/h5-15,17,19-20H,16,18H2,1-4H3,(H,32,33)(H,34,35). The SMILES string of the molecule is COc1ccc(CN=CNC(=O)O)c(-c2ccc3c(-c4ccc(CC(C)C)cc4)cccc3c2)c1OC. The molecule has 0 saturated heterocycles. The van der Waals surface area contributed by atoms with Gasteiger partial charge in [0.25, 0.3) is 0 Å². The van der Waals surface area contributed by atoms with E-state index in [0.29, 0.717) is 17.4 Å². The van der Waals surface area contributed by atoms with E-state index in [0.717, 1.165) is 33.9 Å². The third kappa shape index (κ3) is 5.92. The van der Waals surface area contributed by atoms with Crippen LogP contribution in [0.25, 0.3) is 33.0 Å². The lowest BCUT2D eigenvalue weighted by Crippen LogP contribution is -2.18. The van der Waals surface area contributed by atoms with Gasteiger partial charge in [-0.15, -0.1) is 0 Å². The minimum Gasteiger partial charge on any atom is -0.493 e. The molecular weight excluding hydrogens is 464 g/mol. The van der Waals surface area contributed by atoms with Crippen molar-refractivity contribution in [2.75, 3.05) is 14.2 Å². The Labute approximate surface area is 217 Å². The van der Waals surface area contributed by atoms with Gasteiger partial charge in [0, 0.05) is 5.56 Å². The van der Waals surface area contributed by atoms with Crippen LogP contribution in [0.5, 0.6) is 11.5 Å². The van der Waals surface area contributed by atoms with E-state index < -0.39 is 6.09 Å². The zero-order chi connectivity index (χ0) is 26.4. The van der Waals surface area contributed by atoms with Gasteiger partial charge in [0.15, 0.2) is 11.5 Å². The molecule has 0 saturated carbocycles. The average molecular weight is 497 g/mol. The fourth-order valence-corrected chi connectivity index (χ4v) is 4.64. The zero-order valence-electron chi connectivity index (χ0n) is 21.6. The summed E-state index contributed by atoms with van der Waals surface area (Å²) in [6.45, 7) is 4.74. The van der Waals surface area contributed by atoms with Crippen LogP contribution in [0.2, 0.25) is 0 Å². The first-order chi connectivity index (χ1) is 17.9. The van der Waals surface area contributed by atoms with Crippen molar-refractivity contribution in [2.24, 2.45) is 10.9 Å². The van der Waals surface area contributed by atoms with Crippen molar-refractivity contribution in [3.63, 3.8) is 0 Å². The number of ether oxygens (including phenoxy) is 2. The van der Waals surface area contributed by atoms with Gasteiger partial charge >= 0.3 is 6.09 Å². The maximum absolute atomic E-state index is 10.8. The topological polar surface area (TPSA) is 80.2 Å². The molecular formula is C31H32N2O4. The molecule has 37 heavy (non-hydrogen) atoms. The van der Waals surface area contributed by atoms with Crippen molar-refractivity contribution in [1.29, 1.82) is 0 Å². The lowest BCUT2D eigenvalue weighted by Gasteiger charge is -2.17. The highest BCUT2D eigenvalue weighted by molar-refractivity contribution is 5.99. The van der Waals surface area contributed by atoms with E-state index in [2.05, 4.69) is 84.8 Å². The molecule has 0 heterocycles. The van der Waals surface area contributed by atoms with Crippen LogP contribution < -0.4 is 14.8 Å². The molecule has 6 heteroatoms. The van der Waals surface area contributed by atoms with E-state index in [9.17, 15) is 4.79 Å². The molecule has 0 spiro atoms. The van der Waals surface area contributed by atoms with Gasteiger partial charge in [0.2, 0.25) is 0 Å². The van der Waals surface area contributed by atoms with E-state index >= 15 is 0 Å². The van der Waals surface area contributed by atoms with Crippen molar-refractivity contribution in [3.05, 3.63) is 83.9 Å². The van der Waals surface area contributed by atoms with Gasteiger partial charge in [-0.3, -0.25) is 10.3 Å². The lowest BCUT2D eigenvalue weighted by atomic mass is 9.92. The van der Waals surface area contributed by atoms with Crippen LogP contribution in [-0.2, 0) is 13.0 Å². The summed E-state index contributed by atoms with van der Waals surface area (Å²) in [7, 11) is 3.22. The van der Waals surface area contributed by atoms with Crippen LogP contribution in [0.4, 0.5) is 4.79 Å². The third-order valence-corrected chi connectivity index (χ3v) is 6.25. The molecule has 2 N–H and O–H groups in total. The molecule has 4 rings (SSSR count). The van der Waals surface area contributed by atoms with Crippen LogP contribution >= 0.6 is 0 Å². The third-order valence-electron chi connectivity index (χ3n) is 6.25. The first-order valence-corrected chi connectivity index (χ1v) is 12.2. The van der Waals surface area contributed by atoms with Gasteiger partial charge in [-0.05, 0) is 63.1 Å². The number of amides is 1. The van der Waals surface area contributed by atoms with E-state index in [4.69, 9.17) is 14.6 Å². The van der Waals surface area contributed by atoms with E-state index in [1.165, 1.54) is 23.0 Å². The van der Waals surface area contributed by atoms with Gasteiger partial charge in [-0.25, -0.2) is 4.79 Å². The number of methoxy groups -OCH3 is 2. The summed E-state index contributed by atoms with van der Waals surface area (Å²) < 4.78 is 11.3. The number of fused-ring (bicyclic) bond motifs is 1. The average Bonchev–Trinajstić information content (AvgIpc) is 2.90. The number of carboxylic acid groups (broad SMARTS) is 1. The Morgan fingerprint density at radius 3 is 2.41 bits per heavy atom. The predicted octanol–water partition coefficient (Wildman–Crippen LogP) is 7.19. The summed E-state index contributed by atoms with van der Waals surface area (Å²) in [6.07, 6.45) is 1.10. The first kappa shape index (κ1) is 25.8. The number of carbonyl (C=O) groups is 1. The van der Waals surface area contributed by atoms with E-state index in [1.807, 2.05) is 12.1 Å². The molecule has 0 unspecified atom stereocenters. The first-order valence-electron chi connectivity index (χ1n) is 12.2. The predicted molar refractivity (Wildman–Crippen MR) is 150 cm³/mol. The van der Waals surface area contributed by atoms with Crippen molar-refractivity contribution < 1.29 is 19.4 Å². The quantitative estimate of drug-likeness (QED) is 0.190. The van der Waals surface area contributed by atoms with Gasteiger partial charge in [0.1, 0.15) is 0 Å². The van der Waals surface area contributed by atoms with Crippen molar-refractivity contribution in [3.8, 4) is 33.8 Å². The molecule has 4 aromatic rings. The molecule has 6 nitrogen and oxygen atoms in total. The summed E-state index contributed by atoms with van der Waals surface area (Å²) in [5.41, 5.74) is 6.43. The molecule has 4 aromatic carbocycles. The second-order valence-corrected chi connectivity index (χ2v) is 9.29. The van der Waals surface area contributed by atoms with Gasteiger partial charge in [-0.2, -0.15) is 0 Å². The number of hydrogen-bond acceptors (Lipinski definition) is 4. The molecule has 0 aliphatic heterocycles. The van der Waals surface area contributed by atoms with Gasteiger partial charge in [0.05, 0.1) is 27.1 Å². The fraction of sp³-hybridized carbons (Fsp3) is 0.226. The normalized spacial score (nSPS) is 11.3. The molecule has 0 radical (unpaired) electrons. The van der Waals surface area contributed by atoms with Gasteiger partial charge < -0.3 is 14.6 Å². The summed E-state index contributed by atoms with van der Waals surface area (Å²) in [4.78, 5) is 15.0. The Balaban J connectivity index is 1.77. The molecule has 0 aliphatic carbocycles. The fourth-order valence-electron chi connectivity index (χ4n) is 4.64. The van der Waals surface area contributed by atoms with Crippen LogP contribution in [0.1, 0.15) is 25.0 Å². The van der Waals surface area contributed by atoms with Crippen molar-refractivity contribution >= 4 is 23.2 Å². The number of rotatable bonds is 9. The van der Waals surface area contributed by atoms with E-state index in [1.54, 1.807) is 14.2 Å². The summed E-state index contributed by atoms with van der Waals surface area (Å²) >= 11 is 0. The van der Waals surface area contributed by atoms with Crippen LogP contribution in [0.3, 0.4) is 0 Å². The maximum Gasteiger partial charge on any atom is 0.409 e. The second kappa shape index (κ2) is 11.6. The zero-order valence-corrected chi connectivity index (χ0v) is 21.6. The molecule has 0 bridgehead atoms. The van der Waals surface area contributed by atoms with Crippen molar-refractivity contribution in [1.82, 2.24) is 5.32 Å². The van der Waals surface area contributed by atoms with E-state index in [-0.39, 0.29) is 6.54 Å². The van der Waals surface area contributed by atoms with Crippen LogP contribution in [0.15, 0.2) is 77.8 Å². The smallest absolute Gasteiger partial charge is 0.409 e. The minimum atomic E-state index is -1.16. The lowest BCUT2D eigenvalue weighted by molar-refractivity contribution is 0.200. The van der Waals surface area contributed by atoms with Crippen LogP contribution in [0, 0.1) is 5.92 Å². The minimum absolute atomic E-state index is 0.275. The molecule has 0 aliphatic rings. The molecule has 0 atom stereocenters. The highest BCUT2D eigenvalue weighted by Crippen LogP contribution is 2.42. The van der Waals surface area contributed by atoms with Crippen LogP contribution in [-0.4, -0.2) is 31.8 Å². The second-order valence-electron chi connectivity index (χ2n) is 9.29.